The maximum Gasteiger partial charge on any atom is 0.265 e. The standard InChI is InChI=1S/C12H29N2O4P/c1-9-11(3,17-13(5)6)19(15,16)12(4,10-2)18-14(7)8/h9-10H2,1-8H3,(H,15,16). The van der Waals surface area contributed by atoms with Crippen LogP contribution < -0.4 is 0 Å². The Kier molecular flexibility index (Phi) is 6.67. The van der Waals surface area contributed by atoms with Crippen molar-refractivity contribution < 1.29 is 19.1 Å². The van der Waals surface area contributed by atoms with Gasteiger partial charge in [-0.05, 0) is 26.7 Å². The fraction of sp³-hybridized carbons (Fsp3) is 1.00. The third-order valence-corrected chi connectivity index (χ3v) is 6.71. The van der Waals surface area contributed by atoms with Crippen molar-refractivity contribution in [2.24, 2.45) is 0 Å². The Labute approximate surface area is 117 Å². The second kappa shape index (κ2) is 6.66. The lowest BCUT2D eigenvalue weighted by Crippen LogP contribution is -2.44. The van der Waals surface area contributed by atoms with Gasteiger partial charge in [-0.2, -0.15) is 10.1 Å². The molecule has 0 heterocycles. The van der Waals surface area contributed by atoms with Crippen molar-refractivity contribution >= 4 is 7.37 Å². The highest BCUT2D eigenvalue weighted by Gasteiger charge is 2.57. The molecule has 7 heteroatoms. The van der Waals surface area contributed by atoms with E-state index in [2.05, 4.69) is 0 Å². The van der Waals surface area contributed by atoms with E-state index >= 15 is 0 Å². The summed E-state index contributed by atoms with van der Waals surface area (Å²) < 4.78 is 13.0. The van der Waals surface area contributed by atoms with Crippen LogP contribution in [0, 0.1) is 0 Å². The molecule has 2 atom stereocenters. The molecule has 1 N–H and O–H groups in total. The van der Waals surface area contributed by atoms with Gasteiger partial charge in [-0.1, -0.05) is 13.8 Å². The largest absolute Gasteiger partial charge is 0.340 e. The van der Waals surface area contributed by atoms with E-state index in [4.69, 9.17) is 9.68 Å². The van der Waals surface area contributed by atoms with E-state index in [1.807, 2.05) is 13.8 Å². The quantitative estimate of drug-likeness (QED) is 0.548. The molecule has 0 aliphatic rings. The van der Waals surface area contributed by atoms with Crippen molar-refractivity contribution in [1.29, 1.82) is 0 Å². The monoisotopic (exact) mass is 296 g/mol. The van der Waals surface area contributed by atoms with Crippen LogP contribution in [-0.4, -0.2) is 53.9 Å². The lowest BCUT2D eigenvalue weighted by Gasteiger charge is -2.44. The van der Waals surface area contributed by atoms with E-state index in [9.17, 15) is 9.46 Å². The Bertz CT molecular complexity index is 310. The van der Waals surface area contributed by atoms with E-state index in [1.54, 1.807) is 42.0 Å². The molecule has 0 aromatic rings. The summed E-state index contributed by atoms with van der Waals surface area (Å²) in [5.74, 6) is 0. The van der Waals surface area contributed by atoms with Crippen LogP contribution in [0.4, 0.5) is 0 Å². The van der Waals surface area contributed by atoms with Gasteiger partial charge in [-0.15, -0.1) is 0 Å². The summed E-state index contributed by atoms with van der Waals surface area (Å²) in [6.07, 6.45) is 0.816. The average Bonchev–Trinajstić information content (AvgIpc) is 2.26. The highest BCUT2D eigenvalue weighted by molar-refractivity contribution is 7.60. The third-order valence-electron chi connectivity index (χ3n) is 3.35. The van der Waals surface area contributed by atoms with Gasteiger partial charge < -0.3 is 4.89 Å². The van der Waals surface area contributed by atoms with Gasteiger partial charge in [0.05, 0.1) is 0 Å². The van der Waals surface area contributed by atoms with Gasteiger partial charge in [0.1, 0.15) is 0 Å². The van der Waals surface area contributed by atoms with E-state index in [0.717, 1.165) is 0 Å². The van der Waals surface area contributed by atoms with Gasteiger partial charge in [-0.25, -0.2) is 0 Å². The lowest BCUT2D eigenvalue weighted by atomic mass is 10.3. The summed E-state index contributed by atoms with van der Waals surface area (Å²) in [5.41, 5.74) is 0. The minimum Gasteiger partial charge on any atom is -0.340 e. The number of hydrogen-bond donors (Lipinski definition) is 1. The molecule has 0 rings (SSSR count). The van der Waals surface area contributed by atoms with Gasteiger partial charge in [-0.3, -0.25) is 14.2 Å². The zero-order valence-corrected chi connectivity index (χ0v) is 14.3. The van der Waals surface area contributed by atoms with Gasteiger partial charge in [0.25, 0.3) is 7.37 Å². The molecule has 0 bridgehead atoms. The first-order chi connectivity index (χ1) is 8.45. The van der Waals surface area contributed by atoms with Crippen LogP contribution in [0.5, 0.6) is 0 Å². The zero-order chi connectivity index (χ0) is 15.5. The number of rotatable bonds is 8. The van der Waals surface area contributed by atoms with Gasteiger partial charge in [0.2, 0.25) is 0 Å². The minimum absolute atomic E-state index is 0.408. The third kappa shape index (κ3) is 4.00. The summed E-state index contributed by atoms with van der Waals surface area (Å²) in [5, 5.41) is 0.546. The Balaban J connectivity index is 5.56. The average molecular weight is 296 g/mol. The molecule has 0 radical (unpaired) electrons. The Morgan fingerprint density at radius 3 is 1.37 bits per heavy atom. The minimum atomic E-state index is -3.77. The summed E-state index contributed by atoms with van der Waals surface area (Å²) in [6, 6.07) is 0. The van der Waals surface area contributed by atoms with E-state index in [1.165, 1.54) is 10.1 Å². The molecule has 2 unspecified atom stereocenters. The van der Waals surface area contributed by atoms with E-state index < -0.39 is 18.1 Å². The summed E-state index contributed by atoms with van der Waals surface area (Å²) >= 11 is 0. The molecule has 6 nitrogen and oxygen atoms in total. The SMILES string of the molecule is CCC(C)(ON(C)C)P(=O)(O)C(C)(CC)ON(C)C. The van der Waals surface area contributed by atoms with Crippen LogP contribution in [0.25, 0.3) is 0 Å². The van der Waals surface area contributed by atoms with Crippen molar-refractivity contribution in [2.75, 3.05) is 28.2 Å². The van der Waals surface area contributed by atoms with Crippen molar-refractivity contribution in [3.63, 3.8) is 0 Å². The first kappa shape index (κ1) is 19.0. The van der Waals surface area contributed by atoms with Gasteiger partial charge in [0, 0.05) is 28.2 Å². The van der Waals surface area contributed by atoms with Gasteiger partial charge in [0.15, 0.2) is 10.7 Å². The van der Waals surface area contributed by atoms with E-state index in [0.29, 0.717) is 12.8 Å². The fourth-order valence-corrected chi connectivity index (χ4v) is 4.36. The smallest absolute Gasteiger partial charge is 0.265 e. The molecule has 0 aliphatic carbocycles. The predicted molar refractivity (Wildman–Crippen MR) is 76.8 cm³/mol. The number of hydroxylamine groups is 4. The van der Waals surface area contributed by atoms with Crippen LogP contribution in [0.3, 0.4) is 0 Å². The molecule has 0 fully saturated rings. The molecular weight excluding hydrogens is 267 g/mol. The highest BCUT2D eigenvalue weighted by Crippen LogP contribution is 2.67. The molecule has 0 saturated heterocycles. The second-order valence-corrected chi connectivity index (χ2v) is 8.48. The summed E-state index contributed by atoms with van der Waals surface area (Å²) in [7, 11) is 3.02. The van der Waals surface area contributed by atoms with Gasteiger partial charge >= 0.3 is 0 Å². The predicted octanol–water partition coefficient (Wildman–Crippen LogP) is 2.50. The molecule has 0 aliphatic heterocycles. The van der Waals surface area contributed by atoms with Crippen molar-refractivity contribution in [1.82, 2.24) is 10.1 Å². The van der Waals surface area contributed by atoms with Crippen LogP contribution in [-0.2, 0) is 14.2 Å². The Morgan fingerprint density at radius 2 is 1.21 bits per heavy atom. The van der Waals surface area contributed by atoms with E-state index in [-0.39, 0.29) is 0 Å². The Hall–Kier alpha value is 0.0300. The maximum atomic E-state index is 13.0. The van der Waals surface area contributed by atoms with Crippen LogP contribution in [0.2, 0.25) is 0 Å². The molecule has 0 amide bonds. The number of nitrogens with zero attached hydrogens (tertiary/aromatic N) is 2. The van der Waals surface area contributed by atoms with Crippen molar-refractivity contribution in [2.45, 2.75) is 51.2 Å². The zero-order valence-electron chi connectivity index (χ0n) is 13.4. The van der Waals surface area contributed by atoms with Crippen molar-refractivity contribution in [3.8, 4) is 0 Å². The molecular formula is C12H29N2O4P. The Morgan fingerprint density at radius 1 is 0.947 bits per heavy atom. The normalized spacial score (nSPS) is 22.1. The number of hydrogen-bond acceptors (Lipinski definition) is 5. The molecule has 19 heavy (non-hydrogen) atoms. The van der Waals surface area contributed by atoms with Crippen LogP contribution in [0.15, 0.2) is 0 Å². The van der Waals surface area contributed by atoms with Crippen molar-refractivity contribution in [3.05, 3.63) is 0 Å². The maximum absolute atomic E-state index is 13.0. The molecule has 0 spiro atoms. The molecule has 0 saturated carbocycles. The fourth-order valence-electron chi connectivity index (χ4n) is 1.96. The summed E-state index contributed by atoms with van der Waals surface area (Å²) in [6.45, 7) is 6.97. The lowest BCUT2D eigenvalue weighted by molar-refractivity contribution is -0.205. The topological polar surface area (TPSA) is 62.2 Å². The van der Waals surface area contributed by atoms with Crippen LogP contribution in [0.1, 0.15) is 40.5 Å². The van der Waals surface area contributed by atoms with Crippen LogP contribution >= 0.6 is 7.37 Å². The second-order valence-electron chi connectivity index (χ2n) is 5.44. The first-order valence-corrected chi connectivity index (χ1v) is 8.17. The summed E-state index contributed by atoms with van der Waals surface area (Å²) in [4.78, 5) is 21.9. The molecule has 116 valence electrons. The molecule has 0 aromatic heterocycles. The first-order valence-electron chi connectivity index (χ1n) is 6.51. The highest BCUT2D eigenvalue weighted by atomic mass is 31.2. The molecule has 0 aromatic carbocycles.